The van der Waals surface area contributed by atoms with Crippen LogP contribution in [0.3, 0.4) is 0 Å². The van der Waals surface area contributed by atoms with Crippen molar-refractivity contribution in [1.29, 1.82) is 0 Å². The summed E-state index contributed by atoms with van der Waals surface area (Å²) < 4.78 is 10.6. The van der Waals surface area contributed by atoms with E-state index in [9.17, 15) is 9.59 Å². The normalized spacial score (nSPS) is 22.4. The van der Waals surface area contributed by atoms with Gasteiger partial charge in [0.1, 0.15) is 17.1 Å². The molecule has 1 aliphatic carbocycles. The number of hydrogen-bond donors (Lipinski definition) is 0. The van der Waals surface area contributed by atoms with Gasteiger partial charge in [0.25, 0.3) is 0 Å². The zero-order chi connectivity index (χ0) is 14.3. The minimum Gasteiger partial charge on any atom is -0.466 e. The molecule has 5 heteroatoms. The predicted molar refractivity (Wildman–Crippen MR) is 71.3 cm³/mol. The lowest BCUT2D eigenvalue weighted by atomic mass is 10.1. The monoisotopic (exact) mass is 277 g/mol. The van der Waals surface area contributed by atoms with Gasteiger partial charge in [0, 0.05) is 24.9 Å². The summed E-state index contributed by atoms with van der Waals surface area (Å²) in [6.45, 7) is 4.57. The second-order valence-electron chi connectivity index (χ2n) is 5.77. The van der Waals surface area contributed by atoms with E-state index in [-0.39, 0.29) is 17.8 Å². The van der Waals surface area contributed by atoms with Gasteiger partial charge in [-0.15, -0.1) is 0 Å². The summed E-state index contributed by atoms with van der Waals surface area (Å²) in [7, 11) is 0. The van der Waals surface area contributed by atoms with E-state index < -0.39 is 0 Å². The Morgan fingerprint density at radius 1 is 1.45 bits per heavy atom. The molecular formula is C15H19NO4. The molecular weight excluding hydrogens is 258 g/mol. The highest BCUT2D eigenvalue weighted by Crippen LogP contribution is 2.32. The number of amides is 1. The molecule has 1 aromatic rings. The minimum atomic E-state index is -0.364. The number of furan rings is 1. The zero-order valence-corrected chi connectivity index (χ0v) is 11.8. The average molecular weight is 277 g/mol. The van der Waals surface area contributed by atoms with E-state index in [1.165, 1.54) is 0 Å². The largest absolute Gasteiger partial charge is 0.466 e. The molecule has 2 aliphatic rings. The van der Waals surface area contributed by atoms with Crippen LogP contribution in [0, 0.1) is 19.8 Å². The van der Waals surface area contributed by atoms with Crippen LogP contribution in [0.15, 0.2) is 10.5 Å². The molecule has 108 valence electrons. The maximum atomic E-state index is 12.0. The number of nitrogens with zero attached hydrogens (tertiary/aromatic N) is 1. The number of carbonyl (C=O) groups excluding carboxylic acids is 2. The lowest BCUT2D eigenvalue weighted by Crippen LogP contribution is -2.27. The summed E-state index contributed by atoms with van der Waals surface area (Å²) in [5, 5.41) is 0. The van der Waals surface area contributed by atoms with Gasteiger partial charge in [0.05, 0.1) is 6.61 Å². The van der Waals surface area contributed by atoms with E-state index in [1.807, 2.05) is 4.90 Å². The van der Waals surface area contributed by atoms with Crippen molar-refractivity contribution in [1.82, 2.24) is 4.90 Å². The molecule has 1 aromatic heterocycles. The van der Waals surface area contributed by atoms with Crippen molar-refractivity contribution in [2.75, 3.05) is 13.2 Å². The van der Waals surface area contributed by atoms with E-state index in [0.29, 0.717) is 36.2 Å². The van der Waals surface area contributed by atoms with Crippen molar-refractivity contribution in [2.45, 2.75) is 39.2 Å². The highest BCUT2D eigenvalue weighted by Gasteiger charge is 2.39. The second kappa shape index (κ2) is 4.96. The molecule has 1 atom stereocenters. The lowest BCUT2D eigenvalue weighted by molar-refractivity contribution is -0.128. The number of ether oxygens (including phenoxy) is 1. The van der Waals surface area contributed by atoms with Crippen LogP contribution >= 0.6 is 0 Å². The Labute approximate surface area is 117 Å². The number of aryl methyl sites for hydroxylation is 2. The van der Waals surface area contributed by atoms with Crippen molar-refractivity contribution >= 4 is 11.9 Å². The first-order chi connectivity index (χ1) is 9.54. The van der Waals surface area contributed by atoms with Gasteiger partial charge in [0.2, 0.25) is 5.91 Å². The molecule has 1 amide bonds. The molecule has 2 fully saturated rings. The number of carbonyl (C=O) groups is 2. The van der Waals surface area contributed by atoms with E-state index >= 15 is 0 Å². The third kappa shape index (κ3) is 2.57. The molecule has 5 nitrogen and oxygen atoms in total. The molecule has 1 saturated carbocycles. The van der Waals surface area contributed by atoms with Gasteiger partial charge in [-0.2, -0.15) is 0 Å². The Balaban J connectivity index is 1.53. The molecule has 2 heterocycles. The number of hydrogen-bond acceptors (Lipinski definition) is 4. The third-order valence-electron chi connectivity index (χ3n) is 3.94. The summed E-state index contributed by atoms with van der Waals surface area (Å²) in [4.78, 5) is 25.7. The summed E-state index contributed by atoms with van der Waals surface area (Å²) in [5.74, 6) is 1.24. The van der Waals surface area contributed by atoms with Crippen LogP contribution < -0.4 is 0 Å². The minimum absolute atomic E-state index is 0.125. The third-order valence-corrected chi connectivity index (χ3v) is 3.94. The van der Waals surface area contributed by atoms with Crippen LogP contribution in [-0.4, -0.2) is 36.0 Å². The summed E-state index contributed by atoms with van der Waals surface area (Å²) >= 11 is 0. The van der Waals surface area contributed by atoms with Crippen molar-refractivity contribution in [3.8, 4) is 0 Å². The standard InChI is InChI=1S/C15H19NO4/c1-9-5-13(10(2)20-9)15(18)19-8-11-6-14(17)16(7-11)12-3-4-12/h5,11-12H,3-4,6-8H2,1-2H3. The van der Waals surface area contributed by atoms with Gasteiger partial charge in [-0.3, -0.25) is 4.79 Å². The number of likely N-dealkylation sites (tertiary alicyclic amines) is 1. The highest BCUT2D eigenvalue weighted by atomic mass is 16.5. The van der Waals surface area contributed by atoms with E-state index in [1.54, 1.807) is 19.9 Å². The van der Waals surface area contributed by atoms with Crippen LogP contribution in [-0.2, 0) is 9.53 Å². The SMILES string of the molecule is Cc1cc(C(=O)OCC2CC(=O)N(C3CC3)C2)c(C)o1. The van der Waals surface area contributed by atoms with Gasteiger partial charge in [0.15, 0.2) is 0 Å². The molecule has 1 saturated heterocycles. The predicted octanol–water partition coefficient (Wildman–Crippen LogP) is 2.06. The molecule has 0 bridgehead atoms. The van der Waals surface area contributed by atoms with Gasteiger partial charge >= 0.3 is 5.97 Å². The molecule has 0 spiro atoms. The molecule has 0 aromatic carbocycles. The van der Waals surface area contributed by atoms with Crippen molar-refractivity contribution in [3.05, 3.63) is 23.2 Å². The smallest absolute Gasteiger partial charge is 0.341 e. The first kappa shape index (κ1) is 13.2. The maximum absolute atomic E-state index is 12.0. The molecule has 1 aliphatic heterocycles. The van der Waals surface area contributed by atoms with Gasteiger partial charge in [-0.25, -0.2) is 4.79 Å². The lowest BCUT2D eigenvalue weighted by Gasteiger charge is -2.15. The summed E-state index contributed by atoms with van der Waals surface area (Å²) in [6.07, 6.45) is 2.73. The van der Waals surface area contributed by atoms with Crippen molar-refractivity contribution < 1.29 is 18.7 Å². The Hall–Kier alpha value is -1.78. The second-order valence-corrected chi connectivity index (χ2v) is 5.77. The maximum Gasteiger partial charge on any atom is 0.341 e. The van der Waals surface area contributed by atoms with Crippen LogP contribution in [0.2, 0.25) is 0 Å². The fourth-order valence-electron chi connectivity index (χ4n) is 2.76. The molecule has 0 radical (unpaired) electrons. The zero-order valence-electron chi connectivity index (χ0n) is 11.8. The Kier molecular flexibility index (Phi) is 3.28. The first-order valence-corrected chi connectivity index (χ1v) is 7.08. The average Bonchev–Trinajstić information content (AvgIpc) is 3.09. The number of esters is 1. The molecule has 0 N–H and O–H groups in total. The summed E-state index contributed by atoms with van der Waals surface area (Å²) in [6, 6.07) is 2.13. The quantitative estimate of drug-likeness (QED) is 0.790. The topological polar surface area (TPSA) is 59.8 Å². The van der Waals surface area contributed by atoms with Crippen molar-refractivity contribution in [3.63, 3.8) is 0 Å². The fraction of sp³-hybridized carbons (Fsp3) is 0.600. The fourth-order valence-corrected chi connectivity index (χ4v) is 2.76. The van der Waals surface area contributed by atoms with E-state index in [0.717, 1.165) is 19.4 Å². The summed E-state index contributed by atoms with van der Waals surface area (Å²) in [5.41, 5.74) is 0.478. The Morgan fingerprint density at radius 2 is 2.20 bits per heavy atom. The van der Waals surface area contributed by atoms with Crippen LogP contribution in [0.4, 0.5) is 0 Å². The van der Waals surface area contributed by atoms with Gasteiger partial charge in [-0.1, -0.05) is 0 Å². The van der Waals surface area contributed by atoms with Gasteiger partial charge in [-0.05, 0) is 32.8 Å². The van der Waals surface area contributed by atoms with Crippen LogP contribution in [0.5, 0.6) is 0 Å². The Morgan fingerprint density at radius 3 is 2.80 bits per heavy atom. The Bertz CT molecular complexity index is 544. The highest BCUT2D eigenvalue weighted by molar-refractivity contribution is 5.90. The molecule has 20 heavy (non-hydrogen) atoms. The molecule has 3 rings (SSSR count). The van der Waals surface area contributed by atoms with Crippen LogP contribution in [0.25, 0.3) is 0 Å². The van der Waals surface area contributed by atoms with E-state index in [2.05, 4.69) is 0 Å². The van der Waals surface area contributed by atoms with E-state index in [4.69, 9.17) is 9.15 Å². The van der Waals surface area contributed by atoms with Gasteiger partial charge < -0.3 is 14.1 Å². The molecule has 1 unspecified atom stereocenters. The first-order valence-electron chi connectivity index (χ1n) is 7.08. The van der Waals surface area contributed by atoms with Crippen LogP contribution in [0.1, 0.15) is 41.1 Å². The number of rotatable bonds is 4. The van der Waals surface area contributed by atoms with Crippen molar-refractivity contribution in [2.24, 2.45) is 5.92 Å².